The quantitative estimate of drug-likeness (QED) is 0.836. The van der Waals surface area contributed by atoms with Crippen LogP contribution in [0.3, 0.4) is 0 Å². The van der Waals surface area contributed by atoms with Crippen molar-refractivity contribution in [1.29, 1.82) is 0 Å². The van der Waals surface area contributed by atoms with Gasteiger partial charge in [-0.3, -0.25) is 0 Å². The van der Waals surface area contributed by atoms with E-state index in [-0.39, 0.29) is 0 Å². The SMILES string of the molecule is CC(NCC1CCSC1)C12CC3CC(CC(C3)C1)C2. The largest absolute Gasteiger partial charge is 0.313 e. The normalized spacial score (nSPS) is 49.7. The first-order valence-corrected chi connectivity index (χ1v) is 9.70. The van der Waals surface area contributed by atoms with E-state index in [1.54, 1.807) is 38.5 Å². The molecule has 0 radical (unpaired) electrons. The second-order valence-corrected chi connectivity index (χ2v) is 9.29. The highest BCUT2D eigenvalue weighted by atomic mass is 32.2. The number of nitrogens with one attached hydrogen (secondary N) is 1. The summed E-state index contributed by atoms with van der Waals surface area (Å²) in [4.78, 5) is 0. The van der Waals surface area contributed by atoms with Gasteiger partial charge in [-0.25, -0.2) is 0 Å². The fraction of sp³-hybridized carbons (Fsp3) is 1.00. The Kier molecular flexibility index (Phi) is 3.38. The molecule has 0 spiro atoms. The number of hydrogen-bond donors (Lipinski definition) is 1. The van der Waals surface area contributed by atoms with Gasteiger partial charge in [-0.05, 0) is 99.0 Å². The summed E-state index contributed by atoms with van der Waals surface area (Å²) in [6.45, 7) is 3.80. The van der Waals surface area contributed by atoms with Crippen molar-refractivity contribution in [2.75, 3.05) is 18.1 Å². The van der Waals surface area contributed by atoms with E-state index in [0.717, 1.165) is 29.7 Å². The number of thioether (sulfide) groups is 1. The lowest BCUT2D eigenvalue weighted by Gasteiger charge is -2.59. The number of hydrogen-bond acceptors (Lipinski definition) is 2. The molecule has 1 saturated heterocycles. The molecule has 1 heterocycles. The summed E-state index contributed by atoms with van der Waals surface area (Å²) in [6, 6.07) is 0.770. The first kappa shape index (κ1) is 13.0. The fourth-order valence-electron chi connectivity index (χ4n) is 6.01. The Morgan fingerprint density at radius 2 is 1.74 bits per heavy atom. The van der Waals surface area contributed by atoms with Crippen LogP contribution in [-0.2, 0) is 0 Å². The van der Waals surface area contributed by atoms with Gasteiger partial charge < -0.3 is 5.32 Å². The Balaban J connectivity index is 1.40. The molecule has 108 valence electrons. The van der Waals surface area contributed by atoms with Crippen molar-refractivity contribution in [1.82, 2.24) is 5.32 Å². The van der Waals surface area contributed by atoms with Gasteiger partial charge >= 0.3 is 0 Å². The van der Waals surface area contributed by atoms with Gasteiger partial charge in [0.2, 0.25) is 0 Å². The van der Waals surface area contributed by atoms with Crippen LogP contribution in [0.5, 0.6) is 0 Å². The van der Waals surface area contributed by atoms with Crippen LogP contribution in [0.1, 0.15) is 51.9 Å². The highest BCUT2D eigenvalue weighted by molar-refractivity contribution is 7.99. The van der Waals surface area contributed by atoms with Crippen molar-refractivity contribution in [2.45, 2.75) is 57.9 Å². The van der Waals surface area contributed by atoms with Crippen molar-refractivity contribution in [3.63, 3.8) is 0 Å². The van der Waals surface area contributed by atoms with Crippen LogP contribution >= 0.6 is 11.8 Å². The minimum absolute atomic E-state index is 0.695. The third-order valence-electron chi connectivity index (χ3n) is 6.74. The molecule has 2 unspecified atom stereocenters. The molecule has 5 rings (SSSR count). The summed E-state index contributed by atoms with van der Waals surface area (Å²) < 4.78 is 0. The van der Waals surface area contributed by atoms with E-state index < -0.39 is 0 Å². The van der Waals surface area contributed by atoms with Gasteiger partial charge in [-0.15, -0.1) is 0 Å². The van der Waals surface area contributed by atoms with E-state index >= 15 is 0 Å². The minimum Gasteiger partial charge on any atom is -0.313 e. The van der Waals surface area contributed by atoms with Crippen LogP contribution in [0, 0.1) is 29.1 Å². The van der Waals surface area contributed by atoms with Crippen LogP contribution in [0.2, 0.25) is 0 Å². The lowest BCUT2D eigenvalue weighted by molar-refractivity contribution is -0.0707. The Hall–Kier alpha value is 0.310. The van der Waals surface area contributed by atoms with Crippen LogP contribution < -0.4 is 5.32 Å². The summed E-state index contributed by atoms with van der Waals surface area (Å²) in [5.41, 5.74) is 0.695. The second-order valence-electron chi connectivity index (χ2n) is 8.14. The molecule has 1 aliphatic heterocycles. The molecule has 0 aromatic carbocycles. The zero-order chi connectivity index (χ0) is 12.9. The maximum absolute atomic E-state index is 3.97. The zero-order valence-corrected chi connectivity index (χ0v) is 13.2. The van der Waals surface area contributed by atoms with E-state index in [4.69, 9.17) is 0 Å². The summed E-state index contributed by atoms with van der Waals surface area (Å²) in [7, 11) is 0. The molecule has 0 amide bonds. The molecule has 2 atom stereocenters. The smallest absolute Gasteiger partial charge is 0.00956 e. The lowest BCUT2D eigenvalue weighted by Crippen LogP contribution is -2.55. The van der Waals surface area contributed by atoms with E-state index in [2.05, 4.69) is 24.0 Å². The van der Waals surface area contributed by atoms with Crippen molar-refractivity contribution < 1.29 is 0 Å². The molecule has 19 heavy (non-hydrogen) atoms. The molecule has 1 nitrogen and oxygen atoms in total. The van der Waals surface area contributed by atoms with E-state index in [1.165, 1.54) is 24.5 Å². The summed E-state index contributed by atoms with van der Waals surface area (Å²) >= 11 is 2.15. The molecule has 4 aliphatic carbocycles. The second kappa shape index (κ2) is 4.94. The van der Waals surface area contributed by atoms with Gasteiger partial charge in [-0.2, -0.15) is 11.8 Å². The van der Waals surface area contributed by atoms with Crippen LogP contribution in [0.25, 0.3) is 0 Å². The maximum Gasteiger partial charge on any atom is 0.00956 e. The molecule has 5 aliphatic rings. The summed E-state index contributed by atoms with van der Waals surface area (Å²) in [6.07, 6.45) is 10.8. The van der Waals surface area contributed by atoms with Gasteiger partial charge in [-0.1, -0.05) is 0 Å². The van der Waals surface area contributed by atoms with Gasteiger partial charge in [0.25, 0.3) is 0 Å². The standard InChI is InChI=1S/C17H29NS/c1-12(18-10-13-2-3-19-11-13)17-7-14-4-15(8-17)6-16(5-14)9-17/h12-16,18H,2-11H2,1H3. The van der Waals surface area contributed by atoms with Gasteiger partial charge in [0.1, 0.15) is 0 Å². The Morgan fingerprint density at radius 3 is 2.26 bits per heavy atom. The van der Waals surface area contributed by atoms with Crippen molar-refractivity contribution in [3.05, 3.63) is 0 Å². The van der Waals surface area contributed by atoms with Crippen molar-refractivity contribution in [3.8, 4) is 0 Å². The van der Waals surface area contributed by atoms with Crippen molar-refractivity contribution >= 4 is 11.8 Å². The van der Waals surface area contributed by atoms with Crippen LogP contribution in [-0.4, -0.2) is 24.1 Å². The molecule has 4 bridgehead atoms. The topological polar surface area (TPSA) is 12.0 Å². The molecular weight excluding hydrogens is 250 g/mol. The molecule has 5 fully saturated rings. The zero-order valence-electron chi connectivity index (χ0n) is 12.4. The predicted molar refractivity (Wildman–Crippen MR) is 83.5 cm³/mol. The van der Waals surface area contributed by atoms with E-state index in [9.17, 15) is 0 Å². The maximum atomic E-state index is 3.97. The molecule has 4 saturated carbocycles. The van der Waals surface area contributed by atoms with Crippen molar-refractivity contribution in [2.24, 2.45) is 29.1 Å². The minimum atomic E-state index is 0.695. The molecule has 0 aromatic heterocycles. The third kappa shape index (κ3) is 2.37. The summed E-state index contributed by atoms with van der Waals surface area (Å²) in [5, 5.41) is 3.97. The highest BCUT2D eigenvalue weighted by Crippen LogP contribution is 2.61. The Labute approximate surface area is 122 Å². The predicted octanol–water partition coefficient (Wildman–Crippen LogP) is 3.93. The van der Waals surface area contributed by atoms with Crippen LogP contribution in [0.4, 0.5) is 0 Å². The number of rotatable bonds is 4. The highest BCUT2D eigenvalue weighted by Gasteiger charge is 2.52. The third-order valence-corrected chi connectivity index (χ3v) is 7.97. The molecule has 0 aromatic rings. The summed E-state index contributed by atoms with van der Waals surface area (Å²) in [5.74, 6) is 7.05. The average molecular weight is 279 g/mol. The van der Waals surface area contributed by atoms with Gasteiger partial charge in [0.15, 0.2) is 0 Å². The van der Waals surface area contributed by atoms with Gasteiger partial charge in [0, 0.05) is 6.04 Å². The van der Waals surface area contributed by atoms with E-state index in [0.29, 0.717) is 5.41 Å². The van der Waals surface area contributed by atoms with Crippen LogP contribution in [0.15, 0.2) is 0 Å². The first-order valence-electron chi connectivity index (χ1n) is 8.55. The van der Waals surface area contributed by atoms with E-state index in [1.807, 2.05) is 0 Å². The Bertz CT molecular complexity index is 299. The molecule has 2 heteroatoms. The molecule has 1 N–H and O–H groups in total. The molecular formula is C17H29NS. The van der Waals surface area contributed by atoms with Gasteiger partial charge in [0.05, 0.1) is 0 Å². The first-order chi connectivity index (χ1) is 9.23. The lowest BCUT2D eigenvalue weighted by atomic mass is 9.48. The fourth-order valence-corrected chi connectivity index (χ4v) is 7.30. The average Bonchev–Trinajstić information content (AvgIpc) is 2.87. The monoisotopic (exact) mass is 279 g/mol. The Morgan fingerprint density at radius 1 is 1.11 bits per heavy atom.